The molecule has 1 heterocycles. The number of carbonyl (C=O) groups is 2. The average molecular weight is 358 g/mol. The predicted molar refractivity (Wildman–Crippen MR) is 82.9 cm³/mol. The molecule has 1 aromatic rings. The molecular formula is C17H18F4N2O2. The highest BCUT2D eigenvalue weighted by molar-refractivity contribution is 5.88. The van der Waals surface area contributed by atoms with Gasteiger partial charge in [-0.25, -0.2) is 4.39 Å². The molecule has 0 spiro atoms. The molecule has 1 aromatic carbocycles. The third-order valence-corrected chi connectivity index (χ3v) is 4.07. The molecule has 0 bridgehead atoms. The minimum Gasteiger partial charge on any atom is -0.341 e. The Balaban J connectivity index is 2.10. The summed E-state index contributed by atoms with van der Waals surface area (Å²) in [4.78, 5) is 25.2. The number of amides is 2. The Morgan fingerprint density at radius 3 is 2.72 bits per heavy atom. The summed E-state index contributed by atoms with van der Waals surface area (Å²) in [6, 6.07) is 1.24. The molecule has 2 unspecified atom stereocenters. The lowest BCUT2D eigenvalue weighted by atomic mass is 10.0. The van der Waals surface area contributed by atoms with Crippen LogP contribution in [-0.4, -0.2) is 35.5 Å². The average Bonchev–Trinajstić information content (AvgIpc) is 2.98. The van der Waals surface area contributed by atoms with Crippen molar-refractivity contribution in [2.45, 2.75) is 37.5 Å². The molecule has 1 N–H and O–H groups in total. The molecule has 2 atom stereocenters. The fourth-order valence-corrected chi connectivity index (χ4v) is 2.93. The molecule has 2 rings (SSSR count). The molecule has 1 aliphatic heterocycles. The number of halogens is 4. The zero-order chi connectivity index (χ0) is 18.6. The zero-order valence-electron chi connectivity index (χ0n) is 13.4. The van der Waals surface area contributed by atoms with E-state index in [9.17, 15) is 27.2 Å². The fourth-order valence-electron chi connectivity index (χ4n) is 2.93. The van der Waals surface area contributed by atoms with E-state index in [-0.39, 0.29) is 17.9 Å². The van der Waals surface area contributed by atoms with Crippen molar-refractivity contribution >= 4 is 11.8 Å². The minimum absolute atomic E-state index is 0.249. The van der Waals surface area contributed by atoms with Gasteiger partial charge < -0.3 is 10.2 Å². The first-order valence-electron chi connectivity index (χ1n) is 7.77. The van der Waals surface area contributed by atoms with E-state index in [0.29, 0.717) is 19.4 Å². The lowest BCUT2D eigenvalue weighted by Gasteiger charge is -2.26. The Kier molecular flexibility index (Phi) is 5.81. The van der Waals surface area contributed by atoms with E-state index >= 15 is 0 Å². The van der Waals surface area contributed by atoms with Crippen LogP contribution in [0, 0.1) is 5.82 Å². The Bertz CT molecular complexity index is 660. The molecule has 0 saturated carbocycles. The van der Waals surface area contributed by atoms with Crippen LogP contribution in [0.4, 0.5) is 17.6 Å². The fraction of sp³-hybridized carbons (Fsp3) is 0.412. The van der Waals surface area contributed by atoms with Gasteiger partial charge in [-0.2, -0.15) is 13.2 Å². The van der Waals surface area contributed by atoms with E-state index < -0.39 is 30.0 Å². The highest BCUT2D eigenvalue weighted by Crippen LogP contribution is 2.33. The number of hydrogen-bond donors (Lipinski definition) is 1. The third-order valence-electron chi connectivity index (χ3n) is 4.07. The summed E-state index contributed by atoms with van der Waals surface area (Å²) < 4.78 is 53.0. The standard InChI is InChI=1S/C17H18F4N2O2/c1-2-15(25)23-8-4-7-13(23)10-14(24)22-16(17(19,20)21)11-5-3-6-12(18)9-11/h2-3,5-6,9,13,16H,1,4,7-8,10H2,(H,22,24). The normalized spacial score (nSPS) is 18.7. The maximum Gasteiger partial charge on any atom is 0.412 e. The first-order chi connectivity index (χ1) is 11.7. The maximum atomic E-state index is 13.3. The lowest BCUT2D eigenvalue weighted by Crippen LogP contribution is -2.42. The van der Waals surface area contributed by atoms with Gasteiger partial charge in [-0.15, -0.1) is 0 Å². The number of hydrogen-bond acceptors (Lipinski definition) is 2. The van der Waals surface area contributed by atoms with Gasteiger partial charge >= 0.3 is 6.18 Å². The van der Waals surface area contributed by atoms with Crippen molar-refractivity contribution in [1.82, 2.24) is 10.2 Å². The van der Waals surface area contributed by atoms with E-state index in [0.717, 1.165) is 30.3 Å². The van der Waals surface area contributed by atoms with Gasteiger partial charge in [0.15, 0.2) is 6.04 Å². The third kappa shape index (κ3) is 4.80. The van der Waals surface area contributed by atoms with Crippen LogP contribution in [0.5, 0.6) is 0 Å². The number of likely N-dealkylation sites (tertiary alicyclic amines) is 1. The summed E-state index contributed by atoms with van der Waals surface area (Å²) in [7, 11) is 0. The van der Waals surface area contributed by atoms with E-state index in [2.05, 4.69) is 6.58 Å². The van der Waals surface area contributed by atoms with Gasteiger partial charge in [-0.1, -0.05) is 18.7 Å². The van der Waals surface area contributed by atoms with E-state index in [1.54, 1.807) is 0 Å². The van der Waals surface area contributed by atoms with Crippen LogP contribution in [-0.2, 0) is 9.59 Å². The Labute approximate surface area is 142 Å². The number of nitrogens with one attached hydrogen (secondary N) is 1. The lowest BCUT2D eigenvalue weighted by molar-refractivity contribution is -0.163. The summed E-state index contributed by atoms with van der Waals surface area (Å²) in [5.74, 6) is -2.02. The number of nitrogens with zero attached hydrogens (tertiary/aromatic N) is 1. The first-order valence-corrected chi connectivity index (χ1v) is 7.77. The maximum absolute atomic E-state index is 13.3. The quantitative estimate of drug-likeness (QED) is 0.650. The SMILES string of the molecule is C=CC(=O)N1CCCC1CC(=O)NC(c1cccc(F)c1)C(F)(F)F. The molecule has 25 heavy (non-hydrogen) atoms. The molecular weight excluding hydrogens is 340 g/mol. The molecule has 1 aliphatic rings. The number of carbonyl (C=O) groups excluding carboxylic acids is 2. The van der Waals surface area contributed by atoms with Gasteiger partial charge in [-0.3, -0.25) is 9.59 Å². The summed E-state index contributed by atoms with van der Waals surface area (Å²) in [6.07, 6.45) is -2.70. The van der Waals surface area contributed by atoms with Crippen molar-refractivity contribution in [3.8, 4) is 0 Å². The zero-order valence-corrected chi connectivity index (χ0v) is 13.4. The van der Waals surface area contributed by atoms with Gasteiger partial charge in [0.2, 0.25) is 11.8 Å². The molecule has 1 fully saturated rings. The second-order valence-electron chi connectivity index (χ2n) is 5.83. The molecule has 136 valence electrons. The van der Waals surface area contributed by atoms with Gasteiger partial charge in [0.1, 0.15) is 5.82 Å². The summed E-state index contributed by atoms with van der Waals surface area (Å²) in [6.45, 7) is 3.81. The Hall–Kier alpha value is -2.38. The summed E-state index contributed by atoms with van der Waals surface area (Å²) >= 11 is 0. The second-order valence-corrected chi connectivity index (χ2v) is 5.83. The van der Waals surface area contributed by atoms with Crippen LogP contribution in [0.25, 0.3) is 0 Å². The van der Waals surface area contributed by atoms with Crippen molar-refractivity contribution in [2.75, 3.05) is 6.54 Å². The number of alkyl halides is 3. The van der Waals surface area contributed by atoms with E-state index in [1.165, 1.54) is 4.90 Å². The Morgan fingerprint density at radius 2 is 2.12 bits per heavy atom. The van der Waals surface area contributed by atoms with Gasteiger partial charge in [-0.05, 0) is 36.6 Å². The molecule has 0 aliphatic carbocycles. The Morgan fingerprint density at radius 1 is 1.40 bits per heavy atom. The number of benzene rings is 1. The van der Waals surface area contributed by atoms with Crippen molar-refractivity contribution in [3.05, 3.63) is 48.3 Å². The molecule has 0 aromatic heterocycles. The van der Waals surface area contributed by atoms with Gasteiger partial charge in [0, 0.05) is 19.0 Å². The van der Waals surface area contributed by atoms with Crippen LogP contribution in [0.3, 0.4) is 0 Å². The smallest absolute Gasteiger partial charge is 0.341 e. The van der Waals surface area contributed by atoms with Crippen molar-refractivity contribution in [1.29, 1.82) is 0 Å². The summed E-state index contributed by atoms with van der Waals surface area (Å²) in [5, 5.41) is 1.91. The first kappa shape index (κ1) is 19.0. The van der Waals surface area contributed by atoms with E-state index in [4.69, 9.17) is 0 Å². The number of rotatable bonds is 5. The van der Waals surface area contributed by atoms with Gasteiger partial charge in [0.05, 0.1) is 0 Å². The van der Waals surface area contributed by atoms with E-state index in [1.807, 2.05) is 5.32 Å². The molecule has 2 amide bonds. The van der Waals surface area contributed by atoms with Crippen LogP contribution < -0.4 is 5.32 Å². The van der Waals surface area contributed by atoms with Crippen LogP contribution in [0.1, 0.15) is 30.9 Å². The topological polar surface area (TPSA) is 49.4 Å². The summed E-state index contributed by atoms with van der Waals surface area (Å²) in [5.41, 5.74) is -0.383. The van der Waals surface area contributed by atoms with Crippen molar-refractivity contribution < 1.29 is 27.2 Å². The highest BCUT2D eigenvalue weighted by atomic mass is 19.4. The van der Waals surface area contributed by atoms with Crippen molar-refractivity contribution in [3.63, 3.8) is 0 Å². The molecule has 0 radical (unpaired) electrons. The minimum atomic E-state index is -4.77. The van der Waals surface area contributed by atoms with Crippen LogP contribution in [0.15, 0.2) is 36.9 Å². The monoisotopic (exact) mass is 358 g/mol. The van der Waals surface area contributed by atoms with Crippen LogP contribution >= 0.6 is 0 Å². The highest BCUT2D eigenvalue weighted by Gasteiger charge is 2.42. The predicted octanol–water partition coefficient (Wildman–Crippen LogP) is 3.11. The largest absolute Gasteiger partial charge is 0.412 e. The van der Waals surface area contributed by atoms with Crippen LogP contribution in [0.2, 0.25) is 0 Å². The molecule has 1 saturated heterocycles. The second kappa shape index (κ2) is 7.67. The molecule has 4 nitrogen and oxygen atoms in total. The van der Waals surface area contributed by atoms with Gasteiger partial charge in [0.25, 0.3) is 0 Å². The van der Waals surface area contributed by atoms with Crippen molar-refractivity contribution in [2.24, 2.45) is 0 Å². The molecule has 8 heteroatoms.